The van der Waals surface area contributed by atoms with Crippen molar-refractivity contribution >= 4 is 27.7 Å². The van der Waals surface area contributed by atoms with E-state index in [1.807, 2.05) is 19.3 Å². The zero-order chi connectivity index (χ0) is 20.7. The van der Waals surface area contributed by atoms with Crippen LogP contribution in [-0.2, 0) is 12.5 Å². The molecule has 5 rings (SSSR count). The Kier molecular flexibility index (Phi) is 5.45. The summed E-state index contributed by atoms with van der Waals surface area (Å²) in [6.07, 6.45) is 4.33. The summed E-state index contributed by atoms with van der Waals surface area (Å²) < 4.78 is 3.23. The maximum Gasteiger partial charge on any atom is 0.191 e. The lowest BCUT2D eigenvalue weighted by Crippen LogP contribution is -2.27. The summed E-state index contributed by atoms with van der Waals surface area (Å²) in [5, 5.41) is 9.74. The molecule has 30 heavy (non-hydrogen) atoms. The van der Waals surface area contributed by atoms with E-state index in [0.717, 1.165) is 44.9 Å². The van der Waals surface area contributed by atoms with Gasteiger partial charge in [0.15, 0.2) is 11.0 Å². The minimum Gasteiger partial charge on any atom is -0.304 e. The number of fused-ring (bicyclic) bond motifs is 1. The zero-order valence-corrected chi connectivity index (χ0v) is 19.8. The predicted molar refractivity (Wildman–Crippen MR) is 125 cm³/mol. The number of piperidine rings is 1. The van der Waals surface area contributed by atoms with E-state index in [9.17, 15) is 0 Å². The van der Waals surface area contributed by atoms with Crippen LogP contribution in [0.25, 0.3) is 11.5 Å². The number of rotatable bonds is 7. The van der Waals surface area contributed by atoms with Crippen LogP contribution in [0.3, 0.4) is 0 Å². The number of aryl methyl sites for hydroxylation is 1. The fourth-order valence-corrected chi connectivity index (χ4v) is 5.90. The van der Waals surface area contributed by atoms with Gasteiger partial charge in [0.05, 0.1) is 0 Å². The van der Waals surface area contributed by atoms with Crippen molar-refractivity contribution in [1.29, 1.82) is 0 Å². The standard InChI is InChI=1S/C23H26BrN5S/c1-16-5-3-10-25-20(16)21-26-27-22(28(21)2)30-12-4-11-29-14-18-13-23(18,15-29)17-6-8-19(24)9-7-17/h3,5-10,18H,4,11-15H2,1-2H3/t18-,23-/m0/s1. The van der Waals surface area contributed by atoms with Crippen molar-refractivity contribution in [2.75, 3.05) is 25.4 Å². The first-order valence-electron chi connectivity index (χ1n) is 10.5. The highest BCUT2D eigenvalue weighted by molar-refractivity contribution is 9.10. The number of aromatic nitrogens is 4. The molecule has 5 nitrogen and oxygen atoms in total. The van der Waals surface area contributed by atoms with Crippen LogP contribution >= 0.6 is 27.7 Å². The van der Waals surface area contributed by atoms with Crippen molar-refractivity contribution < 1.29 is 0 Å². The molecule has 0 spiro atoms. The third kappa shape index (κ3) is 3.72. The summed E-state index contributed by atoms with van der Waals surface area (Å²) in [6.45, 7) is 5.67. The van der Waals surface area contributed by atoms with Gasteiger partial charge in [0.1, 0.15) is 5.69 Å². The van der Waals surface area contributed by atoms with Gasteiger partial charge in [0.25, 0.3) is 0 Å². The van der Waals surface area contributed by atoms with Crippen molar-refractivity contribution in [3.63, 3.8) is 0 Å². The number of nitrogens with zero attached hydrogens (tertiary/aromatic N) is 5. The first kappa shape index (κ1) is 20.2. The number of hydrogen-bond donors (Lipinski definition) is 0. The van der Waals surface area contributed by atoms with E-state index >= 15 is 0 Å². The number of pyridine rings is 1. The Morgan fingerprint density at radius 3 is 2.83 bits per heavy atom. The molecule has 1 aliphatic heterocycles. The van der Waals surface area contributed by atoms with Crippen LogP contribution in [0.4, 0.5) is 0 Å². The van der Waals surface area contributed by atoms with Gasteiger partial charge in [-0.2, -0.15) is 0 Å². The Morgan fingerprint density at radius 1 is 1.20 bits per heavy atom. The molecule has 2 aromatic heterocycles. The number of benzene rings is 1. The van der Waals surface area contributed by atoms with Crippen LogP contribution in [-0.4, -0.2) is 50.0 Å². The Hall–Kier alpha value is -1.70. The number of halogens is 1. The van der Waals surface area contributed by atoms with Gasteiger partial charge in [-0.25, -0.2) is 0 Å². The predicted octanol–water partition coefficient (Wildman–Crippen LogP) is 4.70. The number of thioether (sulfide) groups is 1. The second-order valence-electron chi connectivity index (χ2n) is 8.54. The van der Waals surface area contributed by atoms with E-state index in [0.29, 0.717) is 5.41 Å². The Morgan fingerprint density at radius 2 is 2.03 bits per heavy atom. The minimum atomic E-state index is 0.423. The molecule has 2 atom stereocenters. The molecule has 156 valence electrons. The van der Waals surface area contributed by atoms with E-state index < -0.39 is 0 Å². The topological polar surface area (TPSA) is 46.8 Å². The molecule has 0 radical (unpaired) electrons. The molecule has 0 bridgehead atoms. The van der Waals surface area contributed by atoms with Crippen LogP contribution in [0.2, 0.25) is 0 Å². The van der Waals surface area contributed by atoms with Gasteiger partial charge in [0, 0.05) is 42.0 Å². The van der Waals surface area contributed by atoms with E-state index in [1.165, 1.54) is 31.5 Å². The first-order chi connectivity index (χ1) is 14.6. The maximum absolute atomic E-state index is 4.48. The van der Waals surface area contributed by atoms with Gasteiger partial charge in [0.2, 0.25) is 0 Å². The molecule has 1 saturated heterocycles. The second kappa shape index (κ2) is 8.09. The zero-order valence-electron chi connectivity index (χ0n) is 17.4. The van der Waals surface area contributed by atoms with Crippen LogP contribution in [0.1, 0.15) is 24.0 Å². The van der Waals surface area contributed by atoms with Gasteiger partial charge < -0.3 is 9.47 Å². The van der Waals surface area contributed by atoms with Gasteiger partial charge in [-0.05, 0) is 61.6 Å². The Balaban J connectivity index is 1.13. The fourth-order valence-electron chi connectivity index (χ4n) is 4.80. The number of hydrogen-bond acceptors (Lipinski definition) is 5. The SMILES string of the molecule is Cc1cccnc1-c1nnc(SCCCN2C[C@@H]3C[C@@]3(c3ccc(Br)cc3)C2)n1C. The van der Waals surface area contributed by atoms with Gasteiger partial charge in [-0.15, -0.1) is 10.2 Å². The van der Waals surface area contributed by atoms with Crippen LogP contribution < -0.4 is 0 Å². The Bertz CT molecular complexity index is 1050. The summed E-state index contributed by atoms with van der Waals surface area (Å²) in [6, 6.07) is 13.0. The molecule has 1 aliphatic carbocycles. The minimum absolute atomic E-state index is 0.423. The normalized spacial score (nSPS) is 23.0. The highest BCUT2D eigenvalue weighted by Gasteiger charge is 2.60. The summed E-state index contributed by atoms with van der Waals surface area (Å²) in [4.78, 5) is 7.13. The lowest BCUT2D eigenvalue weighted by molar-refractivity contribution is 0.299. The van der Waals surface area contributed by atoms with Crippen LogP contribution in [0.5, 0.6) is 0 Å². The molecule has 0 N–H and O–H groups in total. The average molecular weight is 484 g/mol. The van der Waals surface area contributed by atoms with E-state index in [-0.39, 0.29) is 0 Å². The molecule has 3 heterocycles. The molecule has 0 amide bonds. The monoisotopic (exact) mass is 483 g/mol. The van der Waals surface area contributed by atoms with Crippen molar-refractivity contribution in [2.24, 2.45) is 13.0 Å². The molecule has 2 aliphatic rings. The highest BCUT2D eigenvalue weighted by Crippen LogP contribution is 2.59. The lowest BCUT2D eigenvalue weighted by atomic mass is 9.95. The van der Waals surface area contributed by atoms with Crippen molar-refractivity contribution in [2.45, 2.75) is 30.3 Å². The molecular weight excluding hydrogens is 458 g/mol. The van der Waals surface area contributed by atoms with Crippen LogP contribution in [0, 0.1) is 12.8 Å². The largest absolute Gasteiger partial charge is 0.304 e. The van der Waals surface area contributed by atoms with Gasteiger partial charge in [-0.1, -0.05) is 45.9 Å². The van der Waals surface area contributed by atoms with E-state index in [1.54, 1.807) is 11.8 Å². The van der Waals surface area contributed by atoms with E-state index in [4.69, 9.17) is 0 Å². The summed E-state index contributed by atoms with van der Waals surface area (Å²) in [5.74, 6) is 2.74. The van der Waals surface area contributed by atoms with Crippen molar-refractivity contribution in [1.82, 2.24) is 24.6 Å². The highest BCUT2D eigenvalue weighted by atomic mass is 79.9. The smallest absolute Gasteiger partial charge is 0.191 e. The lowest BCUT2D eigenvalue weighted by Gasteiger charge is -2.21. The third-order valence-electron chi connectivity index (χ3n) is 6.54. The maximum atomic E-state index is 4.48. The quantitative estimate of drug-likeness (QED) is 0.359. The molecular formula is C23H26BrN5S. The first-order valence-corrected chi connectivity index (χ1v) is 12.3. The second-order valence-corrected chi connectivity index (χ2v) is 10.5. The van der Waals surface area contributed by atoms with E-state index in [2.05, 4.69) is 77.8 Å². The molecule has 7 heteroatoms. The molecule has 1 aromatic carbocycles. The van der Waals surface area contributed by atoms with Gasteiger partial charge in [-0.3, -0.25) is 4.98 Å². The van der Waals surface area contributed by atoms with Gasteiger partial charge >= 0.3 is 0 Å². The molecule has 1 saturated carbocycles. The third-order valence-corrected chi connectivity index (χ3v) is 8.18. The van der Waals surface area contributed by atoms with Crippen LogP contribution in [0.15, 0.2) is 52.2 Å². The van der Waals surface area contributed by atoms with Crippen molar-refractivity contribution in [3.05, 3.63) is 58.2 Å². The summed E-state index contributed by atoms with van der Waals surface area (Å²) in [5.41, 5.74) is 3.97. The molecule has 0 unspecified atom stereocenters. The molecule has 3 aromatic rings. The average Bonchev–Trinajstić information content (AvgIpc) is 3.12. The summed E-state index contributed by atoms with van der Waals surface area (Å²) in [7, 11) is 2.03. The summed E-state index contributed by atoms with van der Waals surface area (Å²) >= 11 is 5.34. The van der Waals surface area contributed by atoms with Crippen molar-refractivity contribution in [3.8, 4) is 11.5 Å². The molecule has 2 fully saturated rings. The Labute approximate surface area is 190 Å². The number of likely N-dealkylation sites (tertiary alicyclic amines) is 1. The fraction of sp³-hybridized carbons (Fsp3) is 0.435.